The van der Waals surface area contributed by atoms with Gasteiger partial charge in [0.2, 0.25) is 5.91 Å². The molecular formula is C12H15ClN2O. The van der Waals surface area contributed by atoms with Gasteiger partial charge in [-0.15, -0.1) is 11.6 Å². The molecule has 0 saturated carbocycles. The predicted molar refractivity (Wildman–Crippen MR) is 65.7 cm³/mol. The summed E-state index contributed by atoms with van der Waals surface area (Å²) in [4.78, 5) is 13.5. The molecular weight excluding hydrogens is 224 g/mol. The van der Waals surface area contributed by atoms with Crippen LogP contribution in [0.4, 0.5) is 5.69 Å². The lowest BCUT2D eigenvalue weighted by Crippen LogP contribution is -2.36. The van der Waals surface area contributed by atoms with E-state index in [0.29, 0.717) is 6.54 Å². The molecule has 0 saturated heterocycles. The molecule has 0 radical (unpaired) electrons. The molecule has 0 unspecified atom stereocenters. The van der Waals surface area contributed by atoms with E-state index in [2.05, 4.69) is 0 Å². The zero-order valence-electron chi connectivity index (χ0n) is 9.08. The number of nitrogens with two attached hydrogens (primary N) is 1. The molecule has 16 heavy (non-hydrogen) atoms. The van der Waals surface area contributed by atoms with E-state index in [1.807, 2.05) is 18.2 Å². The van der Waals surface area contributed by atoms with E-state index < -0.39 is 0 Å². The number of anilines is 1. The summed E-state index contributed by atoms with van der Waals surface area (Å²) in [6.07, 6.45) is 1.97. The first kappa shape index (κ1) is 11.4. The normalized spacial score (nSPS) is 14.8. The third-order valence-electron chi connectivity index (χ3n) is 2.98. The number of fused-ring (bicyclic) bond motifs is 1. The first-order valence-corrected chi connectivity index (χ1v) is 5.98. The van der Waals surface area contributed by atoms with Gasteiger partial charge in [-0.2, -0.15) is 0 Å². The van der Waals surface area contributed by atoms with Gasteiger partial charge in [0.15, 0.2) is 0 Å². The third-order valence-corrected chi connectivity index (χ3v) is 3.21. The Balaban J connectivity index is 2.43. The van der Waals surface area contributed by atoms with Crippen LogP contribution < -0.4 is 10.6 Å². The van der Waals surface area contributed by atoms with Crippen molar-refractivity contribution in [3.05, 3.63) is 29.3 Å². The Hall–Kier alpha value is -1.06. The van der Waals surface area contributed by atoms with Crippen LogP contribution in [0.5, 0.6) is 0 Å². The Morgan fingerprint density at radius 3 is 3.00 bits per heavy atom. The number of amides is 1. The predicted octanol–water partition coefficient (Wildman–Crippen LogP) is 1.66. The van der Waals surface area contributed by atoms with Gasteiger partial charge in [0.05, 0.1) is 0 Å². The van der Waals surface area contributed by atoms with E-state index in [9.17, 15) is 4.79 Å². The lowest BCUT2D eigenvalue weighted by Gasteiger charge is -2.30. The minimum atomic E-state index is -0.0308. The third kappa shape index (κ3) is 1.93. The smallest absolute Gasteiger partial charge is 0.241 e. The maximum Gasteiger partial charge on any atom is 0.241 e. The van der Waals surface area contributed by atoms with Crippen LogP contribution in [0.15, 0.2) is 18.2 Å². The molecule has 1 aromatic rings. The van der Waals surface area contributed by atoms with Crippen molar-refractivity contribution < 1.29 is 4.79 Å². The number of rotatable bonds is 2. The van der Waals surface area contributed by atoms with Crippen LogP contribution in [-0.4, -0.2) is 18.3 Å². The molecule has 1 aliphatic heterocycles. The second-order valence-corrected chi connectivity index (χ2v) is 4.17. The van der Waals surface area contributed by atoms with E-state index >= 15 is 0 Å². The highest BCUT2D eigenvalue weighted by atomic mass is 35.5. The number of hydrogen-bond acceptors (Lipinski definition) is 2. The second-order valence-electron chi connectivity index (χ2n) is 3.90. The van der Waals surface area contributed by atoms with Crippen molar-refractivity contribution >= 4 is 23.2 Å². The Kier molecular flexibility index (Phi) is 3.46. The fourth-order valence-corrected chi connectivity index (χ4v) is 2.36. The number of alkyl halides is 1. The van der Waals surface area contributed by atoms with Crippen LogP contribution in [0, 0.1) is 0 Å². The van der Waals surface area contributed by atoms with Crippen molar-refractivity contribution in [2.24, 2.45) is 5.73 Å². The fraction of sp³-hybridized carbons (Fsp3) is 0.417. The minimum absolute atomic E-state index is 0.0308. The SMILES string of the molecule is NCc1cccc2c1CCCN2C(=O)CCl. The molecule has 2 rings (SSSR count). The van der Waals surface area contributed by atoms with E-state index in [-0.39, 0.29) is 11.8 Å². The largest absolute Gasteiger partial charge is 0.326 e. The zero-order valence-corrected chi connectivity index (χ0v) is 9.83. The highest BCUT2D eigenvalue weighted by Crippen LogP contribution is 2.29. The summed E-state index contributed by atoms with van der Waals surface area (Å²) in [7, 11) is 0. The Bertz CT molecular complexity index is 406. The van der Waals surface area contributed by atoms with Crippen LogP contribution in [0.1, 0.15) is 17.5 Å². The van der Waals surface area contributed by atoms with Crippen LogP contribution in [0.2, 0.25) is 0 Å². The Morgan fingerprint density at radius 2 is 2.31 bits per heavy atom. The number of benzene rings is 1. The second kappa shape index (κ2) is 4.85. The first-order chi connectivity index (χ1) is 7.77. The number of carbonyl (C=O) groups is 1. The summed E-state index contributed by atoms with van der Waals surface area (Å²) in [5.74, 6) is 0.00327. The molecule has 0 fully saturated rings. The molecule has 0 aromatic heterocycles. The van der Waals surface area contributed by atoms with Gasteiger partial charge in [0, 0.05) is 18.8 Å². The molecule has 1 amide bonds. The average molecular weight is 239 g/mol. The fourth-order valence-electron chi connectivity index (χ4n) is 2.22. The van der Waals surface area contributed by atoms with Gasteiger partial charge >= 0.3 is 0 Å². The summed E-state index contributed by atoms with van der Waals surface area (Å²) >= 11 is 5.61. The maximum absolute atomic E-state index is 11.7. The van der Waals surface area contributed by atoms with E-state index in [1.165, 1.54) is 5.56 Å². The lowest BCUT2D eigenvalue weighted by molar-refractivity contribution is -0.116. The van der Waals surface area contributed by atoms with E-state index in [0.717, 1.165) is 30.6 Å². The molecule has 1 aliphatic rings. The van der Waals surface area contributed by atoms with Crippen molar-refractivity contribution in [1.82, 2.24) is 0 Å². The number of hydrogen-bond donors (Lipinski definition) is 1. The van der Waals surface area contributed by atoms with Crippen molar-refractivity contribution in [1.29, 1.82) is 0 Å². The minimum Gasteiger partial charge on any atom is -0.326 e. The van der Waals surface area contributed by atoms with E-state index in [1.54, 1.807) is 4.90 Å². The molecule has 2 N–H and O–H groups in total. The average Bonchev–Trinajstić information content (AvgIpc) is 2.36. The van der Waals surface area contributed by atoms with Crippen LogP contribution in [0.25, 0.3) is 0 Å². The van der Waals surface area contributed by atoms with Crippen LogP contribution in [0.3, 0.4) is 0 Å². The number of nitrogens with zero attached hydrogens (tertiary/aromatic N) is 1. The zero-order chi connectivity index (χ0) is 11.5. The molecule has 0 spiro atoms. The van der Waals surface area contributed by atoms with Gasteiger partial charge in [-0.25, -0.2) is 0 Å². The Labute approximate surface area is 100 Å². The van der Waals surface area contributed by atoms with E-state index in [4.69, 9.17) is 17.3 Å². The Morgan fingerprint density at radius 1 is 1.50 bits per heavy atom. The summed E-state index contributed by atoms with van der Waals surface area (Å²) in [5, 5.41) is 0. The lowest BCUT2D eigenvalue weighted by atomic mass is 9.96. The van der Waals surface area contributed by atoms with Gasteiger partial charge in [-0.3, -0.25) is 4.79 Å². The number of carbonyl (C=O) groups excluding carboxylic acids is 1. The summed E-state index contributed by atoms with van der Waals surface area (Å²) in [6.45, 7) is 1.28. The molecule has 4 heteroatoms. The highest BCUT2D eigenvalue weighted by molar-refractivity contribution is 6.29. The van der Waals surface area contributed by atoms with Gasteiger partial charge in [-0.05, 0) is 30.0 Å². The summed E-state index contributed by atoms with van der Waals surface area (Å²) < 4.78 is 0. The van der Waals surface area contributed by atoms with Crippen molar-refractivity contribution in [2.45, 2.75) is 19.4 Å². The topological polar surface area (TPSA) is 46.3 Å². The molecule has 0 aliphatic carbocycles. The molecule has 0 atom stereocenters. The van der Waals surface area contributed by atoms with Gasteiger partial charge in [0.1, 0.15) is 5.88 Å². The van der Waals surface area contributed by atoms with Crippen molar-refractivity contribution in [3.8, 4) is 0 Å². The molecule has 1 aromatic carbocycles. The molecule has 86 valence electrons. The van der Waals surface area contributed by atoms with Gasteiger partial charge < -0.3 is 10.6 Å². The van der Waals surface area contributed by atoms with Crippen molar-refractivity contribution in [3.63, 3.8) is 0 Å². The first-order valence-electron chi connectivity index (χ1n) is 5.45. The molecule has 1 heterocycles. The van der Waals surface area contributed by atoms with Gasteiger partial charge in [0.25, 0.3) is 0 Å². The maximum atomic E-state index is 11.7. The summed E-state index contributed by atoms with van der Waals surface area (Å²) in [6, 6.07) is 5.94. The quantitative estimate of drug-likeness (QED) is 0.797. The van der Waals surface area contributed by atoms with Gasteiger partial charge in [-0.1, -0.05) is 12.1 Å². The monoisotopic (exact) mass is 238 g/mol. The standard InChI is InChI=1S/C12H15ClN2O/c13-7-12(16)15-6-2-4-10-9(8-14)3-1-5-11(10)15/h1,3,5H,2,4,6-8,14H2. The number of halogens is 1. The summed E-state index contributed by atoms with van der Waals surface area (Å²) in [5.41, 5.74) is 9.02. The molecule has 0 bridgehead atoms. The highest BCUT2D eigenvalue weighted by Gasteiger charge is 2.22. The van der Waals surface area contributed by atoms with Crippen molar-refractivity contribution in [2.75, 3.05) is 17.3 Å². The molecule has 3 nitrogen and oxygen atoms in total. The van der Waals surface area contributed by atoms with Crippen LogP contribution in [-0.2, 0) is 17.8 Å². The van der Waals surface area contributed by atoms with Crippen LogP contribution >= 0.6 is 11.6 Å².